The average Bonchev–Trinajstić information content (AvgIpc) is 2.54. The molecule has 0 saturated carbocycles. The van der Waals surface area contributed by atoms with Gasteiger partial charge in [-0.1, -0.05) is 18.2 Å². The van der Waals surface area contributed by atoms with E-state index in [0.29, 0.717) is 11.4 Å². The normalized spacial score (nSPS) is 13.6. The molecule has 0 atom stereocenters. The number of nitrogens with zero attached hydrogens (tertiary/aromatic N) is 1. The third kappa shape index (κ3) is 2.69. The van der Waals surface area contributed by atoms with E-state index in [1.165, 1.54) is 17.7 Å². The standard InChI is InChI=1S/C18H22N2O2/c1-21-17-11-15(19)10-14(18(17)22-2)12-20-9-5-7-13-6-3-4-8-16(13)20/h3-4,6,8,10-11H,5,7,9,12,19H2,1-2H3. The van der Waals surface area contributed by atoms with Crippen LogP contribution in [0.4, 0.5) is 11.4 Å². The molecule has 1 heterocycles. The van der Waals surface area contributed by atoms with Crippen molar-refractivity contribution in [2.75, 3.05) is 31.4 Å². The Morgan fingerprint density at radius 2 is 1.95 bits per heavy atom. The van der Waals surface area contributed by atoms with Gasteiger partial charge in [0.05, 0.1) is 14.2 Å². The van der Waals surface area contributed by atoms with Gasteiger partial charge in [-0.3, -0.25) is 0 Å². The molecular weight excluding hydrogens is 276 g/mol. The highest BCUT2D eigenvalue weighted by Gasteiger charge is 2.19. The fraction of sp³-hybridized carbons (Fsp3) is 0.333. The van der Waals surface area contributed by atoms with Gasteiger partial charge in [-0.05, 0) is 30.5 Å². The minimum absolute atomic E-state index is 0.683. The zero-order valence-electron chi connectivity index (χ0n) is 13.1. The van der Waals surface area contributed by atoms with Gasteiger partial charge < -0.3 is 20.1 Å². The van der Waals surface area contributed by atoms with E-state index in [-0.39, 0.29) is 0 Å². The minimum Gasteiger partial charge on any atom is -0.493 e. The summed E-state index contributed by atoms with van der Waals surface area (Å²) in [5.74, 6) is 1.45. The molecule has 0 amide bonds. The number of anilines is 2. The number of hydrogen-bond acceptors (Lipinski definition) is 4. The number of fused-ring (bicyclic) bond motifs is 1. The molecule has 0 radical (unpaired) electrons. The predicted octanol–water partition coefficient (Wildman–Crippen LogP) is 3.24. The molecule has 1 aliphatic rings. The van der Waals surface area contributed by atoms with E-state index in [4.69, 9.17) is 15.2 Å². The number of nitrogen functional groups attached to an aromatic ring is 1. The second-order valence-corrected chi connectivity index (χ2v) is 5.57. The van der Waals surface area contributed by atoms with E-state index in [9.17, 15) is 0 Å². The maximum absolute atomic E-state index is 6.00. The van der Waals surface area contributed by atoms with Gasteiger partial charge in [-0.25, -0.2) is 0 Å². The van der Waals surface area contributed by atoms with Crippen molar-refractivity contribution in [3.05, 3.63) is 47.5 Å². The van der Waals surface area contributed by atoms with Crippen LogP contribution in [0.1, 0.15) is 17.5 Å². The smallest absolute Gasteiger partial charge is 0.165 e. The maximum atomic E-state index is 6.00. The molecular formula is C18H22N2O2. The Bertz CT molecular complexity index is 670. The van der Waals surface area contributed by atoms with Gasteiger partial charge in [0, 0.05) is 36.1 Å². The molecule has 0 aromatic heterocycles. The summed E-state index contributed by atoms with van der Waals surface area (Å²) >= 11 is 0. The summed E-state index contributed by atoms with van der Waals surface area (Å²) in [5.41, 5.74) is 10.5. The molecule has 0 unspecified atom stereocenters. The number of rotatable bonds is 4. The molecule has 1 aliphatic heterocycles. The van der Waals surface area contributed by atoms with Gasteiger partial charge in [0.15, 0.2) is 11.5 Å². The first-order valence-electron chi connectivity index (χ1n) is 7.56. The van der Waals surface area contributed by atoms with E-state index in [1.54, 1.807) is 20.3 Å². The van der Waals surface area contributed by atoms with Crippen molar-refractivity contribution in [1.82, 2.24) is 0 Å². The number of hydrogen-bond donors (Lipinski definition) is 1. The third-order valence-electron chi connectivity index (χ3n) is 4.15. The van der Waals surface area contributed by atoms with Crippen LogP contribution in [0.3, 0.4) is 0 Å². The van der Waals surface area contributed by atoms with Crippen LogP contribution in [0.25, 0.3) is 0 Å². The Labute approximate surface area is 131 Å². The lowest BCUT2D eigenvalue weighted by Gasteiger charge is -2.32. The Balaban J connectivity index is 1.96. The van der Waals surface area contributed by atoms with Gasteiger partial charge in [-0.15, -0.1) is 0 Å². The predicted molar refractivity (Wildman–Crippen MR) is 89.8 cm³/mol. The second-order valence-electron chi connectivity index (χ2n) is 5.57. The Hall–Kier alpha value is -2.36. The number of para-hydroxylation sites is 1. The maximum Gasteiger partial charge on any atom is 0.165 e. The van der Waals surface area contributed by atoms with Crippen LogP contribution in [0.2, 0.25) is 0 Å². The highest BCUT2D eigenvalue weighted by Crippen LogP contribution is 2.36. The summed E-state index contributed by atoms with van der Waals surface area (Å²) in [6.07, 6.45) is 2.31. The molecule has 4 nitrogen and oxygen atoms in total. The molecule has 0 aliphatic carbocycles. The molecule has 116 valence electrons. The van der Waals surface area contributed by atoms with E-state index in [0.717, 1.165) is 30.8 Å². The SMILES string of the molecule is COc1cc(N)cc(CN2CCCc3ccccc32)c1OC. The van der Waals surface area contributed by atoms with Crippen molar-refractivity contribution in [2.45, 2.75) is 19.4 Å². The summed E-state index contributed by atoms with van der Waals surface area (Å²) in [6, 6.07) is 12.4. The fourth-order valence-electron chi connectivity index (χ4n) is 3.17. The lowest BCUT2D eigenvalue weighted by Crippen LogP contribution is -2.29. The van der Waals surface area contributed by atoms with Crippen molar-refractivity contribution < 1.29 is 9.47 Å². The number of methoxy groups -OCH3 is 2. The molecule has 22 heavy (non-hydrogen) atoms. The quantitative estimate of drug-likeness (QED) is 0.880. The van der Waals surface area contributed by atoms with Crippen LogP contribution in [-0.2, 0) is 13.0 Å². The first kappa shape index (κ1) is 14.6. The lowest BCUT2D eigenvalue weighted by atomic mass is 10.0. The largest absolute Gasteiger partial charge is 0.493 e. The first-order chi connectivity index (χ1) is 10.7. The minimum atomic E-state index is 0.683. The average molecular weight is 298 g/mol. The van der Waals surface area contributed by atoms with Crippen LogP contribution in [0.15, 0.2) is 36.4 Å². The highest BCUT2D eigenvalue weighted by atomic mass is 16.5. The van der Waals surface area contributed by atoms with Crippen LogP contribution in [0, 0.1) is 0 Å². The number of benzene rings is 2. The Kier molecular flexibility index (Phi) is 4.09. The van der Waals surface area contributed by atoms with Crippen molar-refractivity contribution in [3.63, 3.8) is 0 Å². The van der Waals surface area contributed by atoms with E-state index in [2.05, 4.69) is 29.2 Å². The van der Waals surface area contributed by atoms with Crippen molar-refractivity contribution in [3.8, 4) is 11.5 Å². The van der Waals surface area contributed by atoms with Crippen molar-refractivity contribution in [1.29, 1.82) is 0 Å². The summed E-state index contributed by atoms with van der Waals surface area (Å²) in [4.78, 5) is 2.38. The highest BCUT2D eigenvalue weighted by molar-refractivity contribution is 5.60. The zero-order chi connectivity index (χ0) is 15.5. The van der Waals surface area contributed by atoms with Gasteiger partial charge in [-0.2, -0.15) is 0 Å². The Morgan fingerprint density at radius 3 is 2.73 bits per heavy atom. The van der Waals surface area contributed by atoms with Crippen molar-refractivity contribution in [2.24, 2.45) is 0 Å². The summed E-state index contributed by atoms with van der Waals surface area (Å²) in [7, 11) is 3.30. The topological polar surface area (TPSA) is 47.7 Å². The van der Waals surface area contributed by atoms with E-state index >= 15 is 0 Å². The number of ether oxygens (including phenoxy) is 2. The van der Waals surface area contributed by atoms with Crippen LogP contribution >= 0.6 is 0 Å². The molecule has 0 fully saturated rings. The molecule has 2 aromatic carbocycles. The Morgan fingerprint density at radius 1 is 1.14 bits per heavy atom. The molecule has 0 spiro atoms. The number of nitrogens with two attached hydrogens (primary N) is 1. The van der Waals surface area contributed by atoms with Gasteiger partial charge in [0.1, 0.15) is 0 Å². The van der Waals surface area contributed by atoms with Crippen LogP contribution in [-0.4, -0.2) is 20.8 Å². The lowest BCUT2D eigenvalue weighted by molar-refractivity contribution is 0.351. The summed E-state index contributed by atoms with van der Waals surface area (Å²) in [6.45, 7) is 1.80. The van der Waals surface area contributed by atoms with Gasteiger partial charge in [0.2, 0.25) is 0 Å². The zero-order valence-corrected chi connectivity index (χ0v) is 13.1. The molecule has 0 saturated heterocycles. The van der Waals surface area contributed by atoms with Gasteiger partial charge >= 0.3 is 0 Å². The van der Waals surface area contributed by atoms with Crippen LogP contribution in [0.5, 0.6) is 11.5 Å². The first-order valence-corrected chi connectivity index (χ1v) is 7.56. The number of aryl methyl sites for hydroxylation is 1. The van der Waals surface area contributed by atoms with Crippen molar-refractivity contribution >= 4 is 11.4 Å². The summed E-state index contributed by atoms with van der Waals surface area (Å²) < 4.78 is 10.9. The van der Waals surface area contributed by atoms with E-state index in [1.807, 2.05) is 6.07 Å². The third-order valence-corrected chi connectivity index (χ3v) is 4.15. The fourth-order valence-corrected chi connectivity index (χ4v) is 3.17. The van der Waals surface area contributed by atoms with Crippen LogP contribution < -0.4 is 20.1 Å². The molecule has 2 aromatic rings. The second kappa shape index (κ2) is 6.18. The summed E-state index contributed by atoms with van der Waals surface area (Å²) in [5, 5.41) is 0. The molecule has 4 heteroatoms. The molecule has 2 N–H and O–H groups in total. The molecule has 3 rings (SSSR count). The molecule has 0 bridgehead atoms. The van der Waals surface area contributed by atoms with E-state index < -0.39 is 0 Å². The monoisotopic (exact) mass is 298 g/mol. The van der Waals surface area contributed by atoms with Gasteiger partial charge in [0.25, 0.3) is 0 Å².